The molecular weight excluding hydrogens is 304 g/mol. The summed E-state index contributed by atoms with van der Waals surface area (Å²) >= 11 is 1.88. The van der Waals surface area contributed by atoms with Gasteiger partial charge in [0, 0.05) is 18.8 Å². The van der Waals surface area contributed by atoms with Crippen molar-refractivity contribution >= 4 is 27.5 Å². The van der Waals surface area contributed by atoms with Gasteiger partial charge in [-0.1, -0.05) is 13.3 Å². The van der Waals surface area contributed by atoms with Crippen molar-refractivity contribution in [2.24, 2.45) is 0 Å². The standard InChI is InChI=1S/C15H26N2O2S2/c1-3-11-17-21(18,19)15-9-7-14(8-10-15)16-12-5-4-6-13-20-2/h7-10,16-17H,3-6,11-13H2,1-2H3. The van der Waals surface area contributed by atoms with Gasteiger partial charge in [0.15, 0.2) is 0 Å². The first kappa shape index (κ1) is 18.3. The average Bonchev–Trinajstić information content (AvgIpc) is 2.49. The Bertz CT molecular complexity index is 487. The van der Waals surface area contributed by atoms with Crippen molar-refractivity contribution in [1.82, 2.24) is 4.72 Å². The summed E-state index contributed by atoms with van der Waals surface area (Å²) in [6.45, 7) is 3.33. The average molecular weight is 331 g/mol. The lowest BCUT2D eigenvalue weighted by Crippen LogP contribution is -2.24. The molecule has 2 N–H and O–H groups in total. The van der Waals surface area contributed by atoms with E-state index in [1.807, 2.05) is 30.8 Å². The zero-order valence-corrected chi connectivity index (χ0v) is 14.5. The second-order valence-electron chi connectivity index (χ2n) is 4.90. The molecule has 0 saturated heterocycles. The maximum Gasteiger partial charge on any atom is 0.240 e. The number of anilines is 1. The number of hydrogen-bond donors (Lipinski definition) is 2. The van der Waals surface area contributed by atoms with Gasteiger partial charge in [0.25, 0.3) is 0 Å². The molecule has 0 aliphatic heterocycles. The van der Waals surface area contributed by atoms with E-state index < -0.39 is 10.0 Å². The molecule has 6 heteroatoms. The van der Waals surface area contributed by atoms with E-state index in [1.165, 1.54) is 18.6 Å². The second kappa shape index (κ2) is 10.1. The summed E-state index contributed by atoms with van der Waals surface area (Å²) in [5.74, 6) is 1.22. The first-order valence-electron chi connectivity index (χ1n) is 7.42. The Labute approximate surface area is 133 Å². The molecule has 1 aromatic carbocycles. The van der Waals surface area contributed by atoms with Gasteiger partial charge < -0.3 is 5.32 Å². The summed E-state index contributed by atoms with van der Waals surface area (Å²) in [4.78, 5) is 0.321. The van der Waals surface area contributed by atoms with Crippen molar-refractivity contribution < 1.29 is 8.42 Å². The number of unbranched alkanes of at least 4 members (excludes halogenated alkanes) is 2. The number of rotatable bonds is 11. The Morgan fingerprint density at radius 1 is 1.05 bits per heavy atom. The van der Waals surface area contributed by atoms with Crippen LogP contribution in [0, 0.1) is 0 Å². The highest BCUT2D eigenvalue weighted by Gasteiger charge is 2.12. The number of benzene rings is 1. The van der Waals surface area contributed by atoms with E-state index in [2.05, 4.69) is 16.3 Å². The maximum absolute atomic E-state index is 11.9. The van der Waals surface area contributed by atoms with Crippen molar-refractivity contribution in [2.75, 3.05) is 30.4 Å². The molecule has 0 aliphatic carbocycles. The third-order valence-electron chi connectivity index (χ3n) is 3.06. The lowest BCUT2D eigenvalue weighted by atomic mass is 10.2. The quantitative estimate of drug-likeness (QED) is 0.611. The molecule has 0 atom stereocenters. The van der Waals surface area contributed by atoms with E-state index in [0.29, 0.717) is 11.4 Å². The molecule has 0 unspecified atom stereocenters. The van der Waals surface area contributed by atoms with Crippen LogP contribution in [0.1, 0.15) is 32.6 Å². The topological polar surface area (TPSA) is 58.2 Å². The largest absolute Gasteiger partial charge is 0.385 e. The van der Waals surface area contributed by atoms with Crippen LogP contribution in [-0.4, -0.2) is 33.5 Å². The van der Waals surface area contributed by atoms with Gasteiger partial charge >= 0.3 is 0 Å². The Morgan fingerprint density at radius 3 is 2.38 bits per heavy atom. The van der Waals surface area contributed by atoms with E-state index in [-0.39, 0.29) is 0 Å². The lowest BCUT2D eigenvalue weighted by Gasteiger charge is -2.08. The summed E-state index contributed by atoms with van der Waals surface area (Å²) in [6.07, 6.45) is 6.53. The Balaban J connectivity index is 2.40. The highest BCUT2D eigenvalue weighted by atomic mass is 32.2. The molecule has 0 amide bonds. The minimum Gasteiger partial charge on any atom is -0.385 e. The Hall–Kier alpha value is -0.720. The van der Waals surface area contributed by atoms with Crippen LogP contribution in [0.2, 0.25) is 0 Å². The van der Waals surface area contributed by atoms with Gasteiger partial charge in [-0.25, -0.2) is 13.1 Å². The van der Waals surface area contributed by atoms with Crippen LogP contribution in [0.15, 0.2) is 29.2 Å². The monoisotopic (exact) mass is 330 g/mol. The fraction of sp³-hybridized carbons (Fsp3) is 0.600. The van der Waals surface area contributed by atoms with Crippen molar-refractivity contribution in [2.45, 2.75) is 37.5 Å². The van der Waals surface area contributed by atoms with Crippen LogP contribution in [-0.2, 0) is 10.0 Å². The fourth-order valence-corrected chi connectivity index (χ4v) is 3.48. The van der Waals surface area contributed by atoms with Crippen LogP contribution < -0.4 is 10.0 Å². The van der Waals surface area contributed by atoms with Crippen molar-refractivity contribution in [3.8, 4) is 0 Å². The molecule has 1 aromatic rings. The van der Waals surface area contributed by atoms with Gasteiger partial charge in [0.05, 0.1) is 4.90 Å². The van der Waals surface area contributed by atoms with Crippen molar-refractivity contribution in [1.29, 1.82) is 0 Å². The van der Waals surface area contributed by atoms with Crippen LogP contribution in [0.3, 0.4) is 0 Å². The Morgan fingerprint density at radius 2 is 1.76 bits per heavy atom. The van der Waals surface area contributed by atoms with Gasteiger partial charge in [-0.2, -0.15) is 11.8 Å². The van der Waals surface area contributed by atoms with E-state index in [4.69, 9.17) is 0 Å². The number of hydrogen-bond acceptors (Lipinski definition) is 4. The van der Waals surface area contributed by atoms with E-state index in [1.54, 1.807) is 12.1 Å². The van der Waals surface area contributed by atoms with Crippen LogP contribution in [0.5, 0.6) is 0 Å². The molecule has 1 rings (SSSR count). The number of thioether (sulfide) groups is 1. The van der Waals surface area contributed by atoms with Crippen molar-refractivity contribution in [3.63, 3.8) is 0 Å². The van der Waals surface area contributed by atoms with Gasteiger partial charge in [0.2, 0.25) is 10.0 Å². The van der Waals surface area contributed by atoms with E-state index >= 15 is 0 Å². The fourth-order valence-electron chi connectivity index (χ4n) is 1.85. The van der Waals surface area contributed by atoms with E-state index in [0.717, 1.165) is 25.1 Å². The van der Waals surface area contributed by atoms with Crippen molar-refractivity contribution in [3.05, 3.63) is 24.3 Å². The summed E-state index contributed by atoms with van der Waals surface area (Å²) in [6, 6.07) is 6.94. The van der Waals surface area contributed by atoms with Crippen LogP contribution in [0.25, 0.3) is 0 Å². The third-order valence-corrected chi connectivity index (χ3v) is 5.23. The lowest BCUT2D eigenvalue weighted by molar-refractivity contribution is 0.581. The van der Waals surface area contributed by atoms with Gasteiger partial charge in [-0.3, -0.25) is 0 Å². The molecule has 0 bridgehead atoms. The molecule has 0 heterocycles. The zero-order chi connectivity index (χ0) is 15.6. The first-order chi connectivity index (χ1) is 10.1. The summed E-state index contributed by atoms with van der Waals surface area (Å²) in [7, 11) is -3.35. The summed E-state index contributed by atoms with van der Waals surface area (Å²) in [5, 5.41) is 3.32. The molecule has 0 spiro atoms. The SMILES string of the molecule is CCCNS(=O)(=O)c1ccc(NCCCCCSC)cc1. The van der Waals surface area contributed by atoms with Gasteiger partial charge in [-0.15, -0.1) is 0 Å². The molecule has 4 nitrogen and oxygen atoms in total. The third kappa shape index (κ3) is 7.20. The maximum atomic E-state index is 11.9. The minimum atomic E-state index is -3.35. The predicted octanol–water partition coefficient (Wildman–Crippen LogP) is 3.32. The number of nitrogens with one attached hydrogen (secondary N) is 2. The smallest absolute Gasteiger partial charge is 0.240 e. The van der Waals surface area contributed by atoms with Gasteiger partial charge in [0.1, 0.15) is 0 Å². The van der Waals surface area contributed by atoms with Gasteiger partial charge in [-0.05, 0) is 55.5 Å². The normalized spacial score (nSPS) is 11.5. The predicted molar refractivity (Wildman–Crippen MR) is 92.6 cm³/mol. The minimum absolute atomic E-state index is 0.321. The number of sulfonamides is 1. The first-order valence-corrected chi connectivity index (χ1v) is 10.3. The molecule has 0 aromatic heterocycles. The highest BCUT2D eigenvalue weighted by molar-refractivity contribution is 7.98. The molecule has 120 valence electrons. The molecule has 0 radical (unpaired) electrons. The van der Waals surface area contributed by atoms with E-state index in [9.17, 15) is 8.42 Å². The molecule has 21 heavy (non-hydrogen) atoms. The second-order valence-corrected chi connectivity index (χ2v) is 7.65. The van der Waals surface area contributed by atoms with Crippen LogP contribution >= 0.6 is 11.8 Å². The highest BCUT2D eigenvalue weighted by Crippen LogP contribution is 2.14. The molecule has 0 saturated carbocycles. The Kier molecular flexibility index (Phi) is 8.80. The molecule has 0 fully saturated rings. The molecule has 0 aliphatic rings. The molecular formula is C15H26N2O2S2. The van der Waals surface area contributed by atoms with Crippen LogP contribution in [0.4, 0.5) is 5.69 Å². The summed E-state index contributed by atoms with van der Waals surface area (Å²) < 4.78 is 26.4. The summed E-state index contributed by atoms with van der Waals surface area (Å²) in [5.41, 5.74) is 0.967. The zero-order valence-electron chi connectivity index (χ0n) is 12.9.